The first-order chi connectivity index (χ1) is 7.75. The van der Waals surface area contributed by atoms with Crippen molar-refractivity contribution >= 4 is 27.8 Å². The average molecular weight is 252 g/mol. The Morgan fingerprint density at radius 1 is 1.50 bits per heavy atom. The molecule has 1 unspecified atom stereocenters. The van der Waals surface area contributed by atoms with Crippen LogP contribution in [0.15, 0.2) is 40.1 Å². The molecule has 0 aliphatic heterocycles. The molecule has 1 atom stereocenters. The van der Waals surface area contributed by atoms with Gasteiger partial charge in [-0.2, -0.15) is 0 Å². The first-order valence-corrected chi connectivity index (χ1v) is 7.30. The van der Waals surface area contributed by atoms with E-state index in [4.69, 9.17) is 0 Å². The second kappa shape index (κ2) is 5.23. The fraction of sp³-hybridized carbons (Fsp3) is 0.182. The molecule has 3 nitrogen and oxygen atoms in total. The minimum atomic E-state index is -0.933. The van der Waals surface area contributed by atoms with Crippen LogP contribution in [0.2, 0.25) is 0 Å². The highest BCUT2D eigenvalue weighted by Gasteiger charge is 1.99. The minimum absolute atomic E-state index is 0.698. The summed E-state index contributed by atoms with van der Waals surface area (Å²) < 4.78 is 11.3. The third kappa shape index (κ3) is 2.90. The zero-order valence-corrected chi connectivity index (χ0v) is 10.5. The van der Waals surface area contributed by atoms with Crippen LogP contribution in [0.3, 0.4) is 0 Å². The number of thiazole rings is 1. The van der Waals surface area contributed by atoms with Crippen LogP contribution < -0.4 is 5.32 Å². The molecule has 0 aliphatic carbocycles. The highest BCUT2D eigenvalue weighted by Crippen LogP contribution is 2.14. The van der Waals surface area contributed by atoms with Gasteiger partial charge in [0.25, 0.3) is 0 Å². The van der Waals surface area contributed by atoms with Gasteiger partial charge in [0.2, 0.25) is 0 Å². The van der Waals surface area contributed by atoms with Crippen molar-refractivity contribution in [2.45, 2.75) is 11.4 Å². The van der Waals surface area contributed by atoms with E-state index in [1.54, 1.807) is 17.6 Å². The van der Waals surface area contributed by atoms with Crippen LogP contribution in [0.4, 0.5) is 5.69 Å². The first-order valence-electron chi connectivity index (χ1n) is 4.80. The van der Waals surface area contributed by atoms with Gasteiger partial charge in [-0.1, -0.05) is 6.07 Å². The summed E-state index contributed by atoms with van der Waals surface area (Å²) in [6, 6.07) is 7.63. The number of rotatable bonds is 4. The Bertz CT molecular complexity index is 482. The van der Waals surface area contributed by atoms with Crippen molar-refractivity contribution in [3.05, 3.63) is 40.8 Å². The highest BCUT2D eigenvalue weighted by molar-refractivity contribution is 7.84. The molecule has 0 fully saturated rings. The fourth-order valence-corrected chi connectivity index (χ4v) is 2.42. The van der Waals surface area contributed by atoms with E-state index in [1.165, 1.54) is 0 Å². The predicted octanol–water partition coefficient (Wildman–Crippen LogP) is 2.49. The van der Waals surface area contributed by atoms with E-state index in [-0.39, 0.29) is 0 Å². The van der Waals surface area contributed by atoms with E-state index in [0.29, 0.717) is 6.54 Å². The molecule has 0 radical (unpaired) electrons. The lowest BCUT2D eigenvalue weighted by atomic mass is 10.3. The zero-order chi connectivity index (χ0) is 11.4. The first kappa shape index (κ1) is 11.3. The molecular weight excluding hydrogens is 240 g/mol. The van der Waals surface area contributed by atoms with Gasteiger partial charge in [0, 0.05) is 33.0 Å². The van der Waals surface area contributed by atoms with Crippen LogP contribution in [-0.2, 0) is 17.3 Å². The van der Waals surface area contributed by atoms with Crippen molar-refractivity contribution in [2.24, 2.45) is 0 Å². The number of hydrogen-bond acceptors (Lipinski definition) is 4. The monoisotopic (exact) mass is 252 g/mol. The zero-order valence-electron chi connectivity index (χ0n) is 8.84. The highest BCUT2D eigenvalue weighted by atomic mass is 32.2. The molecule has 84 valence electrons. The number of nitrogens with one attached hydrogen (secondary N) is 1. The molecule has 2 rings (SSSR count). The van der Waals surface area contributed by atoms with Gasteiger partial charge >= 0.3 is 0 Å². The normalized spacial score (nSPS) is 12.3. The Morgan fingerprint density at radius 2 is 2.38 bits per heavy atom. The Morgan fingerprint density at radius 3 is 3.06 bits per heavy atom. The van der Waals surface area contributed by atoms with Gasteiger partial charge in [-0.15, -0.1) is 11.3 Å². The summed E-state index contributed by atoms with van der Waals surface area (Å²) in [6.45, 7) is 0.698. The summed E-state index contributed by atoms with van der Waals surface area (Å²) >= 11 is 1.58. The largest absolute Gasteiger partial charge is 0.379 e. The summed E-state index contributed by atoms with van der Waals surface area (Å²) in [6.07, 6.45) is 1.68. The van der Waals surface area contributed by atoms with Crippen LogP contribution in [0.1, 0.15) is 5.69 Å². The maximum Gasteiger partial charge on any atom is 0.0795 e. The van der Waals surface area contributed by atoms with Crippen molar-refractivity contribution in [1.82, 2.24) is 4.98 Å². The lowest BCUT2D eigenvalue weighted by Gasteiger charge is -2.05. The Kier molecular flexibility index (Phi) is 3.69. The Hall–Kier alpha value is -1.20. The second-order valence-electron chi connectivity index (χ2n) is 3.32. The third-order valence-corrected chi connectivity index (χ3v) is 3.68. The van der Waals surface area contributed by atoms with Crippen LogP contribution in [-0.4, -0.2) is 15.4 Å². The van der Waals surface area contributed by atoms with Gasteiger partial charge in [-0.3, -0.25) is 4.21 Å². The van der Waals surface area contributed by atoms with Gasteiger partial charge in [0.15, 0.2) is 0 Å². The predicted molar refractivity (Wildman–Crippen MR) is 68.2 cm³/mol. The van der Waals surface area contributed by atoms with Crippen molar-refractivity contribution < 1.29 is 4.21 Å². The Balaban J connectivity index is 2.04. The van der Waals surface area contributed by atoms with E-state index >= 15 is 0 Å². The van der Waals surface area contributed by atoms with Crippen LogP contribution >= 0.6 is 11.3 Å². The van der Waals surface area contributed by atoms with E-state index in [9.17, 15) is 4.21 Å². The summed E-state index contributed by atoms with van der Waals surface area (Å²) in [5.41, 5.74) is 3.81. The third-order valence-electron chi connectivity index (χ3n) is 2.12. The van der Waals surface area contributed by atoms with Crippen LogP contribution in [0.5, 0.6) is 0 Å². The molecule has 0 amide bonds. The molecule has 0 saturated carbocycles. The van der Waals surface area contributed by atoms with Crippen molar-refractivity contribution in [2.75, 3.05) is 11.6 Å². The van der Waals surface area contributed by atoms with Gasteiger partial charge in [-0.05, 0) is 18.2 Å². The van der Waals surface area contributed by atoms with E-state index in [2.05, 4.69) is 10.3 Å². The van der Waals surface area contributed by atoms with Gasteiger partial charge in [0.1, 0.15) is 0 Å². The quantitative estimate of drug-likeness (QED) is 0.909. The second-order valence-corrected chi connectivity index (χ2v) is 5.41. The lowest BCUT2D eigenvalue weighted by molar-refractivity contribution is 0.687. The molecule has 0 bridgehead atoms. The topological polar surface area (TPSA) is 42.0 Å². The molecule has 1 N–H and O–H groups in total. The number of aromatic nitrogens is 1. The summed E-state index contributed by atoms with van der Waals surface area (Å²) in [4.78, 5) is 5.02. The average Bonchev–Trinajstić information content (AvgIpc) is 2.79. The molecule has 1 heterocycles. The summed E-state index contributed by atoms with van der Waals surface area (Å²) in [5, 5.41) is 5.26. The number of hydrogen-bond donors (Lipinski definition) is 1. The molecule has 1 aromatic heterocycles. The molecule has 5 heteroatoms. The standard InChI is InChI=1S/C11H12N2OS2/c1-16(14)11-4-2-3-9(5-11)12-6-10-7-15-8-13-10/h2-5,7-8,12H,6H2,1H3. The molecule has 16 heavy (non-hydrogen) atoms. The fourth-order valence-electron chi connectivity index (χ4n) is 1.30. The molecular formula is C11H12N2OS2. The van der Waals surface area contributed by atoms with Crippen LogP contribution in [0, 0.1) is 0 Å². The van der Waals surface area contributed by atoms with Crippen molar-refractivity contribution in [3.8, 4) is 0 Å². The molecule has 1 aromatic carbocycles. The van der Waals surface area contributed by atoms with E-state index < -0.39 is 10.8 Å². The Labute approximate surface area is 101 Å². The van der Waals surface area contributed by atoms with Gasteiger partial charge in [0.05, 0.1) is 17.7 Å². The summed E-state index contributed by atoms with van der Waals surface area (Å²) in [7, 11) is -0.933. The van der Waals surface area contributed by atoms with E-state index in [1.807, 2.05) is 35.2 Å². The minimum Gasteiger partial charge on any atom is -0.379 e. The number of anilines is 1. The molecule has 2 aromatic rings. The lowest BCUT2D eigenvalue weighted by Crippen LogP contribution is -2.00. The smallest absolute Gasteiger partial charge is 0.0795 e. The molecule has 0 saturated heterocycles. The molecule has 0 aliphatic rings. The van der Waals surface area contributed by atoms with Gasteiger partial charge < -0.3 is 5.32 Å². The van der Waals surface area contributed by atoms with Gasteiger partial charge in [-0.25, -0.2) is 4.98 Å². The van der Waals surface area contributed by atoms with Crippen molar-refractivity contribution in [3.63, 3.8) is 0 Å². The number of nitrogens with zero attached hydrogens (tertiary/aromatic N) is 1. The molecule has 0 spiro atoms. The summed E-state index contributed by atoms with van der Waals surface area (Å²) in [5.74, 6) is 0. The van der Waals surface area contributed by atoms with Crippen molar-refractivity contribution in [1.29, 1.82) is 0 Å². The van der Waals surface area contributed by atoms with E-state index in [0.717, 1.165) is 16.3 Å². The maximum absolute atomic E-state index is 11.3. The SMILES string of the molecule is CS(=O)c1cccc(NCc2cscn2)c1. The van der Waals surface area contributed by atoms with Crippen LogP contribution in [0.25, 0.3) is 0 Å². The maximum atomic E-state index is 11.3. The number of benzene rings is 1.